The lowest BCUT2D eigenvalue weighted by atomic mass is 10.1. The van der Waals surface area contributed by atoms with Crippen molar-refractivity contribution in [2.45, 2.75) is 4.90 Å². The second-order valence-electron chi connectivity index (χ2n) is 5.57. The summed E-state index contributed by atoms with van der Waals surface area (Å²) in [6.45, 7) is 0. The number of nitrogens with one attached hydrogen (secondary N) is 2. The van der Waals surface area contributed by atoms with Crippen LogP contribution in [-0.2, 0) is 14.8 Å². The molecular weight excluding hydrogens is 393 g/mol. The van der Waals surface area contributed by atoms with Crippen LogP contribution in [0.3, 0.4) is 0 Å². The molecule has 27 heavy (non-hydrogen) atoms. The van der Waals surface area contributed by atoms with Gasteiger partial charge in [-0.3, -0.25) is 10.2 Å². The Morgan fingerprint density at radius 3 is 2.63 bits per heavy atom. The molecule has 0 saturated heterocycles. The maximum Gasteiger partial charge on any atom is 0.279 e. The molecule has 4 N–H and O–H groups in total. The fraction of sp³-hybridized carbons (Fsp3) is 0.0625. The number of likely N-dealkylation sites (N-methyl/N-ethyl adjacent to an activating group) is 1. The highest BCUT2D eigenvalue weighted by molar-refractivity contribution is 7.89. The van der Waals surface area contributed by atoms with E-state index in [0.717, 1.165) is 4.90 Å². The van der Waals surface area contributed by atoms with Crippen molar-refractivity contribution in [3.05, 3.63) is 53.8 Å². The van der Waals surface area contributed by atoms with Gasteiger partial charge in [0.1, 0.15) is 10.7 Å². The molecule has 3 rings (SSSR count). The standard InChI is InChI=1S/C16H14FN5O3S2/c1-22-14-9(5-4-6-10(14)17)13(15(22)23)20-21-16(26)19-11-7-2-3-8-12(11)27(18,24)25/h2-8H,1H3,(H2,18,24,25)(H2,19,21,26). The number of thiocarbonyl (C=S) groups is 1. The minimum atomic E-state index is -3.96. The van der Waals surface area contributed by atoms with Crippen molar-refractivity contribution in [2.75, 3.05) is 17.3 Å². The number of hydrogen-bond acceptors (Lipinski definition) is 5. The smallest absolute Gasteiger partial charge is 0.279 e. The van der Waals surface area contributed by atoms with E-state index in [9.17, 15) is 17.6 Å². The molecule has 2 aromatic carbocycles. The molecule has 0 saturated carbocycles. The molecule has 0 aliphatic carbocycles. The summed E-state index contributed by atoms with van der Waals surface area (Å²) in [5.41, 5.74) is 3.05. The largest absolute Gasteiger partial charge is 0.330 e. The molecule has 0 spiro atoms. The zero-order valence-corrected chi connectivity index (χ0v) is 15.6. The molecule has 0 fully saturated rings. The summed E-state index contributed by atoms with van der Waals surface area (Å²) in [6, 6.07) is 10.2. The van der Waals surface area contributed by atoms with Gasteiger partial charge in [-0.05, 0) is 30.4 Å². The summed E-state index contributed by atoms with van der Waals surface area (Å²) < 4.78 is 37.2. The zero-order valence-electron chi connectivity index (χ0n) is 13.9. The molecule has 8 nitrogen and oxygen atoms in total. The lowest BCUT2D eigenvalue weighted by Gasteiger charge is -2.11. The molecule has 0 unspecified atom stereocenters. The van der Waals surface area contributed by atoms with Crippen LogP contribution in [0.1, 0.15) is 5.56 Å². The van der Waals surface area contributed by atoms with Gasteiger partial charge < -0.3 is 10.2 Å². The van der Waals surface area contributed by atoms with Crippen LogP contribution in [0.2, 0.25) is 0 Å². The highest BCUT2D eigenvalue weighted by atomic mass is 32.2. The number of nitrogens with two attached hydrogens (primary N) is 1. The fourth-order valence-electron chi connectivity index (χ4n) is 2.61. The predicted octanol–water partition coefficient (Wildman–Crippen LogP) is 1.14. The normalized spacial score (nSPS) is 15.0. The van der Waals surface area contributed by atoms with E-state index in [1.54, 1.807) is 12.1 Å². The molecule has 0 bridgehead atoms. The van der Waals surface area contributed by atoms with E-state index in [1.165, 1.54) is 37.4 Å². The summed E-state index contributed by atoms with van der Waals surface area (Å²) in [7, 11) is -2.52. The summed E-state index contributed by atoms with van der Waals surface area (Å²) in [5, 5.41) is 11.7. The van der Waals surface area contributed by atoms with Crippen molar-refractivity contribution in [1.29, 1.82) is 0 Å². The lowest BCUT2D eigenvalue weighted by Crippen LogP contribution is -2.30. The first-order valence-corrected chi connectivity index (χ1v) is 9.49. The van der Waals surface area contributed by atoms with E-state index < -0.39 is 21.7 Å². The lowest BCUT2D eigenvalue weighted by molar-refractivity contribution is -0.112. The van der Waals surface area contributed by atoms with Crippen LogP contribution in [0.25, 0.3) is 0 Å². The van der Waals surface area contributed by atoms with Crippen molar-refractivity contribution in [2.24, 2.45) is 10.2 Å². The number of para-hydroxylation sites is 2. The van der Waals surface area contributed by atoms with Gasteiger partial charge in [-0.25, -0.2) is 17.9 Å². The number of amides is 1. The first kappa shape index (κ1) is 18.9. The van der Waals surface area contributed by atoms with E-state index in [2.05, 4.69) is 15.8 Å². The van der Waals surface area contributed by atoms with E-state index in [-0.39, 0.29) is 27.1 Å². The highest BCUT2D eigenvalue weighted by Gasteiger charge is 2.34. The number of carbonyl (C=O) groups excluding carboxylic acids is 1. The predicted molar refractivity (Wildman–Crippen MR) is 104 cm³/mol. The van der Waals surface area contributed by atoms with Crippen LogP contribution in [0.5, 0.6) is 0 Å². The Morgan fingerprint density at radius 2 is 1.93 bits per heavy atom. The molecule has 140 valence electrons. The molecule has 1 amide bonds. The van der Waals surface area contributed by atoms with Crippen LogP contribution in [0, 0.1) is 5.82 Å². The Kier molecular flexibility index (Phi) is 4.91. The number of primary sulfonamides is 1. The van der Waals surface area contributed by atoms with Crippen LogP contribution in [0.15, 0.2) is 52.5 Å². The third kappa shape index (κ3) is 3.65. The quantitative estimate of drug-likeness (QED) is 0.519. The Bertz CT molecular complexity index is 1090. The van der Waals surface area contributed by atoms with E-state index >= 15 is 0 Å². The Hall–Kier alpha value is -2.89. The van der Waals surface area contributed by atoms with Gasteiger partial charge in [0.05, 0.1) is 11.4 Å². The van der Waals surface area contributed by atoms with Gasteiger partial charge >= 0.3 is 0 Å². The van der Waals surface area contributed by atoms with Gasteiger partial charge in [-0.1, -0.05) is 24.3 Å². The van der Waals surface area contributed by atoms with E-state index in [1.807, 2.05) is 0 Å². The Balaban J connectivity index is 1.83. The second kappa shape index (κ2) is 7.02. The molecule has 1 aliphatic heterocycles. The van der Waals surface area contributed by atoms with Gasteiger partial charge in [0.25, 0.3) is 5.91 Å². The maximum absolute atomic E-state index is 14.0. The van der Waals surface area contributed by atoms with Crippen molar-refractivity contribution in [3.8, 4) is 0 Å². The molecular formula is C16H14FN5O3S2. The van der Waals surface area contributed by atoms with Crippen LogP contribution >= 0.6 is 12.2 Å². The molecule has 1 aliphatic rings. The molecule has 1 heterocycles. The Morgan fingerprint density at radius 1 is 1.22 bits per heavy atom. The molecule has 0 aromatic heterocycles. The SMILES string of the molecule is CN1C(=O)C(=NNC(=S)Nc2ccccc2S(N)(=O)=O)c2cccc(F)c21. The minimum Gasteiger partial charge on any atom is -0.330 e. The molecule has 11 heteroatoms. The topological polar surface area (TPSA) is 117 Å². The number of anilines is 2. The molecule has 2 aromatic rings. The second-order valence-corrected chi connectivity index (χ2v) is 7.51. The van der Waals surface area contributed by atoms with Crippen molar-refractivity contribution < 1.29 is 17.6 Å². The first-order valence-electron chi connectivity index (χ1n) is 7.53. The minimum absolute atomic E-state index is 0.0177. The zero-order chi connectivity index (χ0) is 19.8. The number of halogens is 1. The van der Waals surface area contributed by atoms with Gasteiger partial charge in [-0.2, -0.15) is 5.10 Å². The first-order chi connectivity index (χ1) is 12.7. The highest BCUT2D eigenvalue weighted by Crippen LogP contribution is 2.30. The average Bonchev–Trinajstić information content (AvgIpc) is 2.84. The summed E-state index contributed by atoms with van der Waals surface area (Å²) in [4.78, 5) is 13.3. The van der Waals surface area contributed by atoms with Crippen LogP contribution in [-0.4, -0.2) is 32.2 Å². The average molecular weight is 407 g/mol. The number of hydrogen-bond donors (Lipinski definition) is 3. The number of carbonyl (C=O) groups is 1. The third-order valence-corrected chi connectivity index (χ3v) is 4.96. The van der Waals surface area contributed by atoms with Crippen molar-refractivity contribution in [1.82, 2.24) is 5.43 Å². The van der Waals surface area contributed by atoms with Crippen LogP contribution < -0.4 is 20.8 Å². The number of benzene rings is 2. The van der Waals surface area contributed by atoms with Gasteiger partial charge in [0.2, 0.25) is 10.0 Å². The summed E-state index contributed by atoms with van der Waals surface area (Å²) >= 11 is 5.08. The van der Waals surface area contributed by atoms with E-state index in [0.29, 0.717) is 5.56 Å². The third-order valence-electron chi connectivity index (χ3n) is 3.80. The molecule has 0 atom stereocenters. The summed E-state index contributed by atoms with van der Waals surface area (Å²) in [5.74, 6) is -1.05. The number of sulfonamides is 1. The van der Waals surface area contributed by atoms with Crippen molar-refractivity contribution >= 4 is 50.3 Å². The molecule has 0 radical (unpaired) electrons. The van der Waals surface area contributed by atoms with Gasteiger partial charge in [0.15, 0.2) is 10.8 Å². The van der Waals surface area contributed by atoms with Crippen LogP contribution in [0.4, 0.5) is 15.8 Å². The van der Waals surface area contributed by atoms with Crippen molar-refractivity contribution in [3.63, 3.8) is 0 Å². The number of rotatable bonds is 3. The number of fused-ring (bicyclic) bond motifs is 1. The number of nitrogens with zero attached hydrogens (tertiary/aromatic N) is 2. The summed E-state index contributed by atoms with van der Waals surface area (Å²) in [6.07, 6.45) is 0. The van der Waals surface area contributed by atoms with E-state index in [4.69, 9.17) is 17.4 Å². The van der Waals surface area contributed by atoms with Gasteiger partial charge in [-0.15, -0.1) is 0 Å². The van der Waals surface area contributed by atoms with Gasteiger partial charge in [0, 0.05) is 12.6 Å². The number of hydrazone groups is 1. The maximum atomic E-state index is 14.0. The monoisotopic (exact) mass is 407 g/mol. The fourth-order valence-corrected chi connectivity index (χ4v) is 3.46. The Labute approximate surface area is 159 Å².